The number of aromatic nitrogens is 1. The van der Waals surface area contributed by atoms with E-state index in [2.05, 4.69) is 10.3 Å². The lowest BCUT2D eigenvalue weighted by Gasteiger charge is -2.16. The zero-order valence-electron chi connectivity index (χ0n) is 10.3. The molecule has 2 aliphatic rings. The van der Waals surface area contributed by atoms with E-state index >= 15 is 0 Å². The Bertz CT molecular complexity index is 444. The average molecular weight is 247 g/mol. The summed E-state index contributed by atoms with van der Waals surface area (Å²) in [6, 6.07) is 5.61. The second-order valence-corrected chi connectivity index (χ2v) is 4.72. The predicted molar refractivity (Wildman–Crippen MR) is 67.7 cm³/mol. The van der Waals surface area contributed by atoms with Gasteiger partial charge in [-0.25, -0.2) is 0 Å². The molecule has 2 saturated heterocycles. The summed E-state index contributed by atoms with van der Waals surface area (Å²) in [7, 11) is 0. The van der Waals surface area contributed by atoms with E-state index in [-0.39, 0.29) is 12.0 Å². The fraction of sp³-hybridized carbons (Fsp3) is 0.538. The molecule has 0 aromatic carbocycles. The third-order valence-electron chi connectivity index (χ3n) is 3.36. The van der Waals surface area contributed by atoms with Gasteiger partial charge in [-0.1, -0.05) is 6.07 Å². The Morgan fingerprint density at radius 3 is 3.11 bits per heavy atom. The number of hydrogen-bond acceptors (Lipinski definition) is 4. The summed E-state index contributed by atoms with van der Waals surface area (Å²) in [4.78, 5) is 17.8. The van der Waals surface area contributed by atoms with E-state index < -0.39 is 0 Å². The Morgan fingerprint density at radius 1 is 1.44 bits per heavy atom. The quantitative estimate of drug-likeness (QED) is 0.864. The van der Waals surface area contributed by atoms with Crippen molar-refractivity contribution in [3.8, 4) is 5.88 Å². The highest BCUT2D eigenvalue weighted by atomic mass is 16.5. The van der Waals surface area contributed by atoms with Gasteiger partial charge in [-0.05, 0) is 25.5 Å². The van der Waals surface area contributed by atoms with E-state index in [4.69, 9.17) is 4.74 Å². The van der Waals surface area contributed by atoms with Crippen LogP contribution in [0.15, 0.2) is 18.2 Å². The highest BCUT2D eigenvalue weighted by molar-refractivity contribution is 5.94. The van der Waals surface area contributed by atoms with E-state index in [1.54, 1.807) is 4.90 Å². The molecule has 96 valence electrons. The van der Waals surface area contributed by atoms with Crippen molar-refractivity contribution >= 4 is 11.7 Å². The Hall–Kier alpha value is -1.62. The van der Waals surface area contributed by atoms with Crippen molar-refractivity contribution in [1.29, 1.82) is 0 Å². The summed E-state index contributed by atoms with van der Waals surface area (Å²) >= 11 is 0. The molecule has 2 aliphatic heterocycles. The van der Waals surface area contributed by atoms with E-state index in [1.165, 1.54) is 0 Å². The molecule has 3 rings (SSSR count). The van der Waals surface area contributed by atoms with Crippen molar-refractivity contribution in [3.05, 3.63) is 18.2 Å². The maximum Gasteiger partial charge on any atom is 0.228 e. The number of nitrogens with one attached hydrogen (secondary N) is 1. The molecule has 0 spiro atoms. The first-order chi connectivity index (χ1) is 8.83. The molecule has 0 radical (unpaired) electrons. The van der Waals surface area contributed by atoms with E-state index in [1.807, 2.05) is 18.2 Å². The standard InChI is InChI=1S/C13H17N3O2/c17-13-5-2-8-16(13)11-3-1-4-12(15-11)18-10-6-7-14-9-10/h1,3-4,10,14H,2,5-9H2. The molecule has 18 heavy (non-hydrogen) atoms. The van der Waals surface area contributed by atoms with Crippen LogP contribution in [0.2, 0.25) is 0 Å². The molecule has 2 fully saturated rings. The van der Waals surface area contributed by atoms with E-state index in [9.17, 15) is 4.79 Å². The number of pyridine rings is 1. The van der Waals surface area contributed by atoms with Crippen LogP contribution in [0.3, 0.4) is 0 Å². The van der Waals surface area contributed by atoms with Gasteiger partial charge in [0.05, 0.1) is 0 Å². The molecule has 0 bridgehead atoms. The lowest BCUT2D eigenvalue weighted by molar-refractivity contribution is -0.117. The van der Waals surface area contributed by atoms with Crippen LogP contribution >= 0.6 is 0 Å². The highest BCUT2D eigenvalue weighted by Crippen LogP contribution is 2.22. The van der Waals surface area contributed by atoms with Gasteiger partial charge < -0.3 is 10.1 Å². The van der Waals surface area contributed by atoms with Gasteiger partial charge >= 0.3 is 0 Å². The highest BCUT2D eigenvalue weighted by Gasteiger charge is 2.23. The Morgan fingerprint density at radius 2 is 2.39 bits per heavy atom. The molecule has 1 amide bonds. The molecule has 5 heteroatoms. The fourth-order valence-corrected chi connectivity index (χ4v) is 2.41. The molecule has 1 aromatic rings. The molecule has 0 saturated carbocycles. The summed E-state index contributed by atoms with van der Waals surface area (Å²) in [5.41, 5.74) is 0. The molecule has 1 aromatic heterocycles. The smallest absolute Gasteiger partial charge is 0.228 e. The van der Waals surface area contributed by atoms with Crippen molar-refractivity contribution in [2.75, 3.05) is 24.5 Å². The third-order valence-corrected chi connectivity index (χ3v) is 3.36. The largest absolute Gasteiger partial charge is 0.473 e. The topological polar surface area (TPSA) is 54.5 Å². The maximum atomic E-state index is 11.7. The van der Waals surface area contributed by atoms with Crippen LogP contribution in [-0.4, -0.2) is 36.6 Å². The van der Waals surface area contributed by atoms with Crippen LogP contribution in [0, 0.1) is 0 Å². The number of rotatable bonds is 3. The van der Waals surface area contributed by atoms with E-state index in [0.717, 1.165) is 32.5 Å². The van der Waals surface area contributed by atoms with Gasteiger partial charge in [0.1, 0.15) is 11.9 Å². The van der Waals surface area contributed by atoms with Crippen molar-refractivity contribution in [3.63, 3.8) is 0 Å². The Balaban J connectivity index is 1.73. The van der Waals surface area contributed by atoms with Crippen molar-refractivity contribution < 1.29 is 9.53 Å². The number of carbonyl (C=O) groups excluding carboxylic acids is 1. The van der Waals surface area contributed by atoms with Gasteiger partial charge in [0.2, 0.25) is 11.8 Å². The zero-order valence-corrected chi connectivity index (χ0v) is 10.3. The minimum Gasteiger partial charge on any atom is -0.473 e. The summed E-state index contributed by atoms with van der Waals surface area (Å²) in [5, 5.41) is 3.25. The minimum absolute atomic E-state index is 0.155. The van der Waals surface area contributed by atoms with Crippen LogP contribution < -0.4 is 15.0 Å². The van der Waals surface area contributed by atoms with E-state index in [0.29, 0.717) is 18.1 Å². The van der Waals surface area contributed by atoms with Gasteiger partial charge in [0.15, 0.2) is 0 Å². The summed E-state index contributed by atoms with van der Waals surface area (Å²) in [6.07, 6.45) is 2.74. The molecule has 1 N–H and O–H groups in total. The second kappa shape index (κ2) is 4.94. The van der Waals surface area contributed by atoms with Gasteiger partial charge in [-0.15, -0.1) is 0 Å². The molecule has 1 atom stereocenters. The molecular weight excluding hydrogens is 230 g/mol. The van der Waals surface area contributed by atoms with Crippen molar-refractivity contribution in [2.24, 2.45) is 0 Å². The minimum atomic E-state index is 0.155. The summed E-state index contributed by atoms with van der Waals surface area (Å²) < 4.78 is 5.80. The first kappa shape index (κ1) is 11.5. The zero-order chi connectivity index (χ0) is 12.4. The van der Waals surface area contributed by atoms with Gasteiger partial charge in [-0.3, -0.25) is 9.69 Å². The molecular formula is C13H17N3O2. The van der Waals surface area contributed by atoms with Crippen LogP contribution in [0.5, 0.6) is 5.88 Å². The second-order valence-electron chi connectivity index (χ2n) is 4.72. The lowest BCUT2D eigenvalue weighted by Crippen LogP contribution is -2.25. The van der Waals surface area contributed by atoms with Gasteiger partial charge in [-0.2, -0.15) is 4.98 Å². The van der Waals surface area contributed by atoms with Gasteiger partial charge in [0, 0.05) is 25.6 Å². The SMILES string of the molecule is O=C1CCCN1c1cccc(OC2CCNC2)n1. The molecule has 3 heterocycles. The monoisotopic (exact) mass is 247 g/mol. The third kappa shape index (κ3) is 2.31. The van der Waals surface area contributed by atoms with Crippen LogP contribution in [0.4, 0.5) is 5.82 Å². The predicted octanol–water partition coefficient (Wildman–Crippen LogP) is 0.949. The average Bonchev–Trinajstić information content (AvgIpc) is 3.01. The van der Waals surface area contributed by atoms with Crippen LogP contribution in [0.1, 0.15) is 19.3 Å². The van der Waals surface area contributed by atoms with Crippen LogP contribution in [-0.2, 0) is 4.79 Å². The summed E-state index contributed by atoms with van der Waals surface area (Å²) in [6.45, 7) is 2.63. The Labute approximate surface area is 106 Å². The van der Waals surface area contributed by atoms with Crippen molar-refractivity contribution in [2.45, 2.75) is 25.4 Å². The number of carbonyl (C=O) groups is 1. The first-order valence-electron chi connectivity index (χ1n) is 6.48. The molecule has 0 aliphatic carbocycles. The number of amides is 1. The molecule has 1 unspecified atom stereocenters. The number of ether oxygens (including phenoxy) is 1. The molecule has 5 nitrogen and oxygen atoms in total. The maximum absolute atomic E-state index is 11.7. The van der Waals surface area contributed by atoms with Gasteiger partial charge in [0.25, 0.3) is 0 Å². The van der Waals surface area contributed by atoms with Crippen molar-refractivity contribution in [1.82, 2.24) is 10.3 Å². The number of anilines is 1. The number of hydrogen-bond donors (Lipinski definition) is 1. The fourth-order valence-electron chi connectivity index (χ4n) is 2.41. The normalized spacial score (nSPS) is 23.7. The van der Waals surface area contributed by atoms with Crippen LogP contribution in [0.25, 0.3) is 0 Å². The Kier molecular flexibility index (Phi) is 3.15. The first-order valence-corrected chi connectivity index (χ1v) is 6.48. The summed E-state index contributed by atoms with van der Waals surface area (Å²) in [5.74, 6) is 1.48. The lowest BCUT2D eigenvalue weighted by atomic mass is 10.3. The number of nitrogens with zero attached hydrogens (tertiary/aromatic N) is 2.